The number of aryl methyl sites for hydroxylation is 1. The van der Waals surface area contributed by atoms with Gasteiger partial charge in [0, 0.05) is 10.9 Å². The molecule has 0 saturated carbocycles. The largest absolute Gasteiger partial charge is 0.349 e. The molecule has 118 valence electrons. The maximum Gasteiger partial charge on any atom is 0.252 e. The highest BCUT2D eigenvalue weighted by atomic mass is 32.2. The Morgan fingerprint density at radius 1 is 1.32 bits per heavy atom. The fraction of sp³-hybridized carbons (Fsp3) is 0.438. The van der Waals surface area contributed by atoms with E-state index in [0.717, 1.165) is 4.90 Å². The van der Waals surface area contributed by atoms with Gasteiger partial charge in [0.1, 0.15) is 0 Å². The molecular weight excluding hydrogens is 298 g/mol. The van der Waals surface area contributed by atoms with E-state index >= 15 is 0 Å². The second kappa shape index (κ2) is 7.45. The molecule has 2 aromatic rings. The lowest BCUT2D eigenvalue weighted by atomic mass is 10.1. The quantitative estimate of drug-likeness (QED) is 0.826. The van der Waals surface area contributed by atoms with Crippen molar-refractivity contribution in [2.75, 3.05) is 0 Å². The van der Waals surface area contributed by atoms with Gasteiger partial charge in [-0.1, -0.05) is 31.1 Å². The topological polar surface area (TPSA) is 68.0 Å². The summed E-state index contributed by atoms with van der Waals surface area (Å²) in [5, 5.41) is 6.80. The number of carbonyl (C=O) groups is 1. The SMILES string of the molecule is Cc1noc(CSc2ccccc2C(=O)NC(C)C(C)C)n1. The fourth-order valence-corrected chi connectivity index (χ4v) is 2.66. The minimum Gasteiger partial charge on any atom is -0.349 e. The predicted molar refractivity (Wildman–Crippen MR) is 86.8 cm³/mol. The van der Waals surface area contributed by atoms with E-state index < -0.39 is 0 Å². The molecule has 0 aliphatic heterocycles. The first-order chi connectivity index (χ1) is 10.5. The van der Waals surface area contributed by atoms with Gasteiger partial charge in [-0.3, -0.25) is 4.79 Å². The van der Waals surface area contributed by atoms with E-state index in [1.54, 1.807) is 6.92 Å². The fourth-order valence-electron chi connectivity index (χ4n) is 1.77. The zero-order valence-electron chi connectivity index (χ0n) is 13.3. The molecule has 0 aliphatic carbocycles. The first kappa shape index (κ1) is 16.5. The van der Waals surface area contributed by atoms with E-state index in [1.165, 1.54) is 11.8 Å². The average molecular weight is 319 g/mol. The van der Waals surface area contributed by atoms with E-state index in [4.69, 9.17) is 4.52 Å². The maximum absolute atomic E-state index is 12.4. The van der Waals surface area contributed by atoms with Crippen LogP contribution in [0.5, 0.6) is 0 Å². The summed E-state index contributed by atoms with van der Waals surface area (Å²) in [7, 11) is 0. The molecule has 6 heteroatoms. The van der Waals surface area contributed by atoms with Crippen LogP contribution < -0.4 is 5.32 Å². The lowest BCUT2D eigenvalue weighted by Gasteiger charge is -2.18. The van der Waals surface area contributed by atoms with Crippen LogP contribution in [0, 0.1) is 12.8 Å². The Hall–Kier alpha value is -1.82. The van der Waals surface area contributed by atoms with Gasteiger partial charge >= 0.3 is 0 Å². The van der Waals surface area contributed by atoms with Crippen LogP contribution in [0.2, 0.25) is 0 Å². The molecule has 0 radical (unpaired) electrons. The lowest BCUT2D eigenvalue weighted by Crippen LogP contribution is -2.36. The molecule has 1 atom stereocenters. The van der Waals surface area contributed by atoms with Crippen LogP contribution in [-0.2, 0) is 5.75 Å². The van der Waals surface area contributed by atoms with Crippen molar-refractivity contribution in [1.82, 2.24) is 15.5 Å². The van der Waals surface area contributed by atoms with Crippen molar-refractivity contribution in [2.24, 2.45) is 5.92 Å². The van der Waals surface area contributed by atoms with Gasteiger partial charge in [0.05, 0.1) is 11.3 Å². The van der Waals surface area contributed by atoms with E-state index in [0.29, 0.717) is 28.9 Å². The number of nitrogens with one attached hydrogen (secondary N) is 1. The van der Waals surface area contributed by atoms with Gasteiger partial charge in [0.15, 0.2) is 5.82 Å². The van der Waals surface area contributed by atoms with Crippen molar-refractivity contribution in [3.05, 3.63) is 41.5 Å². The zero-order valence-corrected chi connectivity index (χ0v) is 14.1. The van der Waals surface area contributed by atoms with Gasteiger partial charge in [-0.15, -0.1) is 11.8 Å². The number of thioether (sulfide) groups is 1. The van der Waals surface area contributed by atoms with Crippen molar-refractivity contribution < 1.29 is 9.32 Å². The van der Waals surface area contributed by atoms with E-state index in [1.807, 2.05) is 31.2 Å². The smallest absolute Gasteiger partial charge is 0.252 e. The van der Waals surface area contributed by atoms with Crippen molar-refractivity contribution >= 4 is 17.7 Å². The van der Waals surface area contributed by atoms with Crippen molar-refractivity contribution in [1.29, 1.82) is 0 Å². The molecule has 1 amide bonds. The summed E-state index contributed by atoms with van der Waals surface area (Å²) in [6.45, 7) is 7.97. The second-order valence-corrected chi connectivity index (χ2v) is 6.54. The van der Waals surface area contributed by atoms with E-state index in [9.17, 15) is 4.79 Å². The highest BCUT2D eigenvalue weighted by molar-refractivity contribution is 7.98. The molecule has 1 heterocycles. The lowest BCUT2D eigenvalue weighted by molar-refractivity contribution is 0.0927. The molecule has 0 fully saturated rings. The number of aromatic nitrogens is 2. The molecule has 1 N–H and O–H groups in total. The monoisotopic (exact) mass is 319 g/mol. The first-order valence-corrected chi connectivity index (χ1v) is 8.28. The Labute approximate surface area is 134 Å². The molecule has 22 heavy (non-hydrogen) atoms. The Morgan fingerprint density at radius 2 is 2.05 bits per heavy atom. The Morgan fingerprint density at radius 3 is 2.68 bits per heavy atom. The maximum atomic E-state index is 12.4. The summed E-state index contributed by atoms with van der Waals surface area (Å²) in [5.41, 5.74) is 0.677. The Bertz CT molecular complexity index is 640. The molecule has 0 saturated heterocycles. The van der Waals surface area contributed by atoms with Crippen molar-refractivity contribution in [3.63, 3.8) is 0 Å². The molecule has 5 nitrogen and oxygen atoms in total. The Balaban J connectivity index is 2.07. The van der Waals surface area contributed by atoms with Crippen LogP contribution >= 0.6 is 11.8 Å². The van der Waals surface area contributed by atoms with E-state index in [-0.39, 0.29) is 11.9 Å². The number of carbonyl (C=O) groups excluding carboxylic acids is 1. The number of hydrogen-bond acceptors (Lipinski definition) is 5. The highest BCUT2D eigenvalue weighted by Gasteiger charge is 2.16. The second-order valence-electron chi connectivity index (χ2n) is 5.53. The van der Waals surface area contributed by atoms with Crippen LogP contribution in [0.4, 0.5) is 0 Å². The predicted octanol–water partition coefficient (Wildman–Crippen LogP) is 3.44. The minimum absolute atomic E-state index is 0.0500. The summed E-state index contributed by atoms with van der Waals surface area (Å²) in [5.74, 6) is 2.07. The normalized spacial score (nSPS) is 12.4. The average Bonchev–Trinajstić information content (AvgIpc) is 2.90. The molecule has 2 rings (SSSR count). The van der Waals surface area contributed by atoms with Gasteiger partial charge in [-0.25, -0.2) is 0 Å². The summed E-state index contributed by atoms with van der Waals surface area (Å²) in [6, 6.07) is 7.69. The van der Waals surface area contributed by atoms with Crippen LogP contribution in [0.1, 0.15) is 42.8 Å². The van der Waals surface area contributed by atoms with Crippen LogP contribution in [-0.4, -0.2) is 22.1 Å². The van der Waals surface area contributed by atoms with Crippen LogP contribution in [0.15, 0.2) is 33.7 Å². The van der Waals surface area contributed by atoms with Gasteiger partial charge in [0.2, 0.25) is 5.89 Å². The third-order valence-corrected chi connectivity index (χ3v) is 4.47. The molecule has 1 unspecified atom stereocenters. The van der Waals surface area contributed by atoms with Crippen LogP contribution in [0.3, 0.4) is 0 Å². The molecule has 1 aromatic heterocycles. The number of rotatable bonds is 6. The van der Waals surface area contributed by atoms with Gasteiger partial charge in [-0.2, -0.15) is 4.98 Å². The standard InChI is InChI=1S/C16H21N3O2S/c1-10(2)11(3)17-16(20)13-7-5-6-8-14(13)22-9-15-18-12(4)19-21-15/h5-8,10-11H,9H2,1-4H3,(H,17,20). The molecule has 0 spiro atoms. The summed E-state index contributed by atoms with van der Waals surface area (Å²) in [6.07, 6.45) is 0. The first-order valence-electron chi connectivity index (χ1n) is 7.29. The van der Waals surface area contributed by atoms with Gasteiger partial charge in [-0.05, 0) is 31.9 Å². The van der Waals surface area contributed by atoms with Crippen molar-refractivity contribution in [2.45, 2.75) is 44.4 Å². The zero-order chi connectivity index (χ0) is 16.1. The number of hydrogen-bond donors (Lipinski definition) is 1. The summed E-state index contributed by atoms with van der Waals surface area (Å²) < 4.78 is 5.10. The third-order valence-electron chi connectivity index (χ3n) is 3.41. The Kier molecular flexibility index (Phi) is 5.60. The van der Waals surface area contributed by atoms with Gasteiger partial charge in [0.25, 0.3) is 5.91 Å². The molecule has 1 aromatic carbocycles. The van der Waals surface area contributed by atoms with Crippen LogP contribution in [0.25, 0.3) is 0 Å². The number of nitrogens with zero attached hydrogens (tertiary/aromatic N) is 2. The van der Waals surface area contributed by atoms with Crippen molar-refractivity contribution in [3.8, 4) is 0 Å². The number of amides is 1. The molecule has 0 aliphatic rings. The molecule has 0 bridgehead atoms. The minimum atomic E-state index is -0.0500. The highest BCUT2D eigenvalue weighted by Crippen LogP contribution is 2.26. The molecular formula is C16H21N3O2S. The van der Waals surface area contributed by atoms with E-state index in [2.05, 4.69) is 29.3 Å². The third kappa shape index (κ3) is 4.34. The number of benzene rings is 1. The summed E-state index contributed by atoms with van der Waals surface area (Å²) >= 11 is 1.52. The van der Waals surface area contributed by atoms with Gasteiger partial charge < -0.3 is 9.84 Å². The summed E-state index contributed by atoms with van der Waals surface area (Å²) in [4.78, 5) is 17.5.